The first kappa shape index (κ1) is 20.3. The molecule has 1 unspecified atom stereocenters. The maximum absolute atomic E-state index is 12.6. The van der Waals surface area contributed by atoms with Crippen LogP contribution in [0, 0.1) is 6.92 Å². The summed E-state index contributed by atoms with van der Waals surface area (Å²) in [4.78, 5) is 22.2. The van der Waals surface area contributed by atoms with Gasteiger partial charge in [-0.3, -0.25) is 4.79 Å². The van der Waals surface area contributed by atoms with Crippen molar-refractivity contribution in [2.24, 2.45) is 0 Å². The van der Waals surface area contributed by atoms with E-state index in [1.165, 1.54) is 31.2 Å². The summed E-state index contributed by atoms with van der Waals surface area (Å²) in [5, 5.41) is 10.8. The van der Waals surface area contributed by atoms with Crippen LogP contribution in [0.4, 0.5) is 13.2 Å². The number of carbonyl (C=O) groups is 2. The number of hydrogen-bond donors (Lipinski definition) is 2. The van der Waals surface area contributed by atoms with Gasteiger partial charge in [-0.1, -0.05) is 29.8 Å². The molecule has 0 saturated carbocycles. The Kier molecular flexibility index (Phi) is 6.09. The van der Waals surface area contributed by atoms with E-state index < -0.39 is 30.2 Å². The zero-order valence-electron chi connectivity index (χ0n) is 14.6. The number of hydrogen-bond acceptors (Lipinski definition) is 3. The van der Waals surface area contributed by atoms with Crippen LogP contribution in [0.1, 0.15) is 34.5 Å². The van der Waals surface area contributed by atoms with Crippen LogP contribution in [0.5, 0.6) is 5.75 Å². The summed E-state index contributed by atoms with van der Waals surface area (Å²) in [6.07, 6.45) is -5.91. The quantitative estimate of drug-likeness (QED) is 0.796. The SMILES string of the molecule is Cc1ccc([C@@H](Oc2ccc(C(=O)O)cc2)C(C)NC(=O)C(F)(F)F)cc1. The molecule has 0 saturated heterocycles. The normalized spacial score (nSPS) is 13.5. The largest absolute Gasteiger partial charge is 0.484 e. The summed E-state index contributed by atoms with van der Waals surface area (Å²) in [6.45, 7) is 3.26. The highest BCUT2D eigenvalue weighted by molar-refractivity contribution is 5.87. The molecule has 2 rings (SSSR count). The zero-order valence-corrected chi connectivity index (χ0v) is 14.6. The molecule has 2 aromatic rings. The molecule has 0 aliphatic heterocycles. The van der Waals surface area contributed by atoms with Crippen LogP contribution in [0.2, 0.25) is 0 Å². The lowest BCUT2D eigenvalue weighted by molar-refractivity contribution is -0.174. The number of amides is 1. The molecule has 0 fully saturated rings. The second-order valence-corrected chi connectivity index (χ2v) is 6.04. The molecule has 0 aliphatic carbocycles. The predicted molar refractivity (Wildman–Crippen MR) is 91.6 cm³/mol. The first-order chi connectivity index (χ1) is 12.6. The lowest BCUT2D eigenvalue weighted by Crippen LogP contribution is -2.45. The van der Waals surface area contributed by atoms with Crippen LogP contribution < -0.4 is 10.1 Å². The van der Waals surface area contributed by atoms with Gasteiger partial charge in [0.2, 0.25) is 0 Å². The van der Waals surface area contributed by atoms with Crippen molar-refractivity contribution in [3.05, 3.63) is 65.2 Å². The number of aryl methyl sites for hydroxylation is 1. The number of alkyl halides is 3. The van der Waals surface area contributed by atoms with Crippen molar-refractivity contribution in [1.29, 1.82) is 0 Å². The Hall–Kier alpha value is -3.03. The minimum absolute atomic E-state index is 0.0488. The number of ether oxygens (including phenoxy) is 1. The van der Waals surface area contributed by atoms with Crippen molar-refractivity contribution >= 4 is 11.9 Å². The van der Waals surface area contributed by atoms with Crippen LogP contribution in [0.25, 0.3) is 0 Å². The van der Waals surface area contributed by atoms with Crippen molar-refractivity contribution < 1.29 is 32.6 Å². The second-order valence-electron chi connectivity index (χ2n) is 6.04. The monoisotopic (exact) mass is 381 g/mol. The van der Waals surface area contributed by atoms with Gasteiger partial charge in [0.05, 0.1) is 11.6 Å². The summed E-state index contributed by atoms with van der Waals surface area (Å²) in [5.74, 6) is -2.90. The minimum Gasteiger partial charge on any atom is -0.484 e. The average Bonchev–Trinajstić information content (AvgIpc) is 2.60. The molecule has 8 heteroatoms. The summed E-state index contributed by atoms with van der Waals surface area (Å²) in [6, 6.07) is 11.4. The Bertz CT molecular complexity index is 801. The molecule has 0 heterocycles. The summed E-state index contributed by atoms with van der Waals surface area (Å²) < 4.78 is 43.5. The van der Waals surface area contributed by atoms with Crippen LogP contribution in [-0.2, 0) is 4.79 Å². The molecule has 0 radical (unpaired) electrons. The highest BCUT2D eigenvalue weighted by Crippen LogP contribution is 2.27. The molecule has 0 aromatic heterocycles. The fourth-order valence-corrected chi connectivity index (χ4v) is 2.40. The van der Waals surface area contributed by atoms with Crippen molar-refractivity contribution in [2.75, 3.05) is 0 Å². The maximum atomic E-state index is 12.6. The van der Waals surface area contributed by atoms with Crippen molar-refractivity contribution in [3.63, 3.8) is 0 Å². The van der Waals surface area contributed by atoms with Crippen LogP contribution in [0.15, 0.2) is 48.5 Å². The first-order valence-electron chi connectivity index (χ1n) is 8.02. The molecular formula is C19H18F3NO4. The van der Waals surface area contributed by atoms with Gasteiger partial charge >= 0.3 is 18.1 Å². The Morgan fingerprint density at radius 1 is 1.04 bits per heavy atom. The Balaban J connectivity index is 2.27. The number of carboxylic acids is 1. The Morgan fingerprint density at radius 2 is 1.59 bits per heavy atom. The molecule has 0 aliphatic rings. The van der Waals surface area contributed by atoms with Crippen LogP contribution in [-0.4, -0.2) is 29.2 Å². The lowest BCUT2D eigenvalue weighted by atomic mass is 10.0. The third kappa shape index (κ3) is 5.47. The molecule has 2 atom stereocenters. The molecule has 0 spiro atoms. The van der Waals surface area contributed by atoms with Gasteiger partial charge in [-0.25, -0.2) is 4.79 Å². The lowest BCUT2D eigenvalue weighted by Gasteiger charge is -2.27. The van der Waals surface area contributed by atoms with E-state index in [0.29, 0.717) is 5.56 Å². The highest BCUT2D eigenvalue weighted by Gasteiger charge is 2.40. The number of carbonyl (C=O) groups excluding carboxylic acids is 1. The third-order valence-electron chi connectivity index (χ3n) is 3.84. The van der Waals surface area contributed by atoms with Gasteiger partial charge in [-0.15, -0.1) is 0 Å². The fraction of sp³-hybridized carbons (Fsp3) is 0.263. The topological polar surface area (TPSA) is 75.6 Å². The summed E-state index contributed by atoms with van der Waals surface area (Å²) in [5.41, 5.74) is 1.57. The zero-order chi connectivity index (χ0) is 20.2. The van der Waals surface area contributed by atoms with E-state index in [-0.39, 0.29) is 11.3 Å². The number of rotatable bonds is 6. The van der Waals surface area contributed by atoms with Crippen LogP contribution in [0.3, 0.4) is 0 Å². The molecular weight excluding hydrogens is 363 g/mol. The third-order valence-corrected chi connectivity index (χ3v) is 3.84. The second kappa shape index (κ2) is 8.11. The molecule has 1 amide bonds. The highest BCUT2D eigenvalue weighted by atomic mass is 19.4. The van der Waals surface area contributed by atoms with Gasteiger partial charge in [-0.2, -0.15) is 13.2 Å². The maximum Gasteiger partial charge on any atom is 0.471 e. The van der Waals surface area contributed by atoms with E-state index in [1.54, 1.807) is 24.3 Å². The van der Waals surface area contributed by atoms with Gasteiger partial charge < -0.3 is 15.2 Å². The number of carboxylic acid groups (broad SMARTS) is 1. The molecule has 144 valence electrons. The predicted octanol–water partition coefficient (Wildman–Crippen LogP) is 3.88. The summed E-state index contributed by atoms with van der Waals surface area (Å²) >= 11 is 0. The Labute approximate surface area is 153 Å². The number of benzene rings is 2. The molecule has 2 N–H and O–H groups in total. The standard InChI is InChI=1S/C19H18F3NO4/c1-11-3-5-13(6-4-11)16(12(2)23-18(26)19(20,21)22)27-15-9-7-14(8-10-15)17(24)25/h3-10,12,16H,1-2H3,(H,23,26)(H,24,25)/t12?,16-/m0/s1. The molecule has 2 aromatic carbocycles. The van der Waals surface area contributed by atoms with E-state index >= 15 is 0 Å². The van der Waals surface area contributed by atoms with Gasteiger partial charge in [-0.05, 0) is 43.7 Å². The molecule has 5 nitrogen and oxygen atoms in total. The van der Waals surface area contributed by atoms with E-state index in [4.69, 9.17) is 9.84 Å². The average molecular weight is 381 g/mol. The fourth-order valence-electron chi connectivity index (χ4n) is 2.40. The van der Waals surface area contributed by atoms with Crippen molar-refractivity contribution in [3.8, 4) is 5.75 Å². The van der Waals surface area contributed by atoms with E-state index in [0.717, 1.165) is 5.56 Å². The van der Waals surface area contributed by atoms with E-state index in [9.17, 15) is 22.8 Å². The van der Waals surface area contributed by atoms with Gasteiger partial charge in [0.1, 0.15) is 11.9 Å². The number of halogens is 3. The van der Waals surface area contributed by atoms with Crippen LogP contribution >= 0.6 is 0 Å². The summed E-state index contributed by atoms with van der Waals surface area (Å²) in [7, 11) is 0. The number of aromatic carboxylic acids is 1. The molecule has 0 bridgehead atoms. The van der Waals surface area contributed by atoms with Crippen molar-refractivity contribution in [1.82, 2.24) is 5.32 Å². The van der Waals surface area contributed by atoms with E-state index in [2.05, 4.69) is 0 Å². The first-order valence-corrected chi connectivity index (χ1v) is 8.02. The Morgan fingerprint density at radius 3 is 2.07 bits per heavy atom. The van der Waals surface area contributed by atoms with Gasteiger partial charge in [0.25, 0.3) is 0 Å². The smallest absolute Gasteiger partial charge is 0.471 e. The minimum atomic E-state index is -5.00. The van der Waals surface area contributed by atoms with Gasteiger partial charge in [0, 0.05) is 0 Å². The molecule has 27 heavy (non-hydrogen) atoms. The van der Waals surface area contributed by atoms with Gasteiger partial charge in [0.15, 0.2) is 0 Å². The number of nitrogens with one attached hydrogen (secondary N) is 1. The van der Waals surface area contributed by atoms with Crippen molar-refractivity contribution in [2.45, 2.75) is 32.2 Å². The van der Waals surface area contributed by atoms with E-state index in [1.807, 2.05) is 12.2 Å².